The fraction of sp³-hybridized carbons (Fsp3) is 0.455. The summed E-state index contributed by atoms with van der Waals surface area (Å²) in [6.45, 7) is 3.47. The largest absolute Gasteiger partial charge is 0.489 e. The lowest BCUT2D eigenvalue weighted by Gasteiger charge is -2.11. The molecule has 0 atom stereocenters. The van der Waals surface area contributed by atoms with Gasteiger partial charge in [0.2, 0.25) is 0 Å². The van der Waals surface area contributed by atoms with Crippen LogP contribution in [0.25, 0.3) is 0 Å². The minimum Gasteiger partial charge on any atom is -0.489 e. The molecular weight excluding hydrogens is 224 g/mol. The zero-order valence-electron chi connectivity index (χ0n) is 9.93. The molecule has 0 spiro atoms. The topological polar surface area (TPSA) is 73.6 Å². The maximum atomic E-state index is 10.6. The summed E-state index contributed by atoms with van der Waals surface area (Å²) in [5, 5.41) is 13.7. The van der Waals surface area contributed by atoms with Crippen LogP contribution in [-0.4, -0.2) is 31.8 Å². The molecule has 94 valence electrons. The molecule has 0 aromatic heterocycles. The van der Waals surface area contributed by atoms with Gasteiger partial charge in [0, 0.05) is 25.8 Å². The Morgan fingerprint density at radius 1 is 1.41 bits per heavy atom. The van der Waals surface area contributed by atoms with Crippen LogP contribution < -0.4 is 10.1 Å². The number of methoxy groups -OCH3 is 1. The lowest BCUT2D eigenvalue weighted by Crippen LogP contribution is -2.07. The van der Waals surface area contributed by atoms with E-state index < -0.39 is 4.92 Å². The van der Waals surface area contributed by atoms with Crippen molar-refractivity contribution in [2.45, 2.75) is 6.92 Å². The normalized spacial score (nSPS) is 10.0. The summed E-state index contributed by atoms with van der Waals surface area (Å²) < 4.78 is 10.3. The van der Waals surface area contributed by atoms with Crippen molar-refractivity contribution in [1.82, 2.24) is 0 Å². The number of rotatable bonds is 7. The third-order valence-electron chi connectivity index (χ3n) is 2.09. The zero-order chi connectivity index (χ0) is 12.7. The summed E-state index contributed by atoms with van der Waals surface area (Å²) in [6.07, 6.45) is 0. The van der Waals surface area contributed by atoms with Crippen LogP contribution in [0.3, 0.4) is 0 Å². The predicted molar refractivity (Wildman–Crippen MR) is 64.6 cm³/mol. The second-order valence-corrected chi connectivity index (χ2v) is 3.31. The Labute approximate surface area is 99.7 Å². The van der Waals surface area contributed by atoms with Crippen LogP contribution in [0.5, 0.6) is 5.75 Å². The van der Waals surface area contributed by atoms with Gasteiger partial charge < -0.3 is 14.8 Å². The second kappa shape index (κ2) is 6.70. The average molecular weight is 240 g/mol. The summed E-state index contributed by atoms with van der Waals surface area (Å²) in [4.78, 5) is 10.2. The molecule has 0 fully saturated rings. The molecule has 0 radical (unpaired) electrons. The van der Waals surface area contributed by atoms with Gasteiger partial charge in [-0.15, -0.1) is 0 Å². The molecule has 17 heavy (non-hydrogen) atoms. The molecule has 0 amide bonds. The van der Waals surface area contributed by atoms with Gasteiger partial charge in [0.05, 0.1) is 17.2 Å². The molecule has 0 unspecified atom stereocenters. The summed E-state index contributed by atoms with van der Waals surface area (Å²) in [6, 6.07) is 4.47. The van der Waals surface area contributed by atoms with Crippen LogP contribution in [0.4, 0.5) is 11.4 Å². The van der Waals surface area contributed by atoms with Crippen LogP contribution in [0.1, 0.15) is 6.92 Å². The van der Waals surface area contributed by atoms with E-state index in [-0.39, 0.29) is 5.69 Å². The van der Waals surface area contributed by atoms with Gasteiger partial charge in [0.1, 0.15) is 12.4 Å². The van der Waals surface area contributed by atoms with Crippen molar-refractivity contribution >= 4 is 11.4 Å². The first-order valence-electron chi connectivity index (χ1n) is 5.33. The van der Waals surface area contributed by atoms with Crippen LogP contribution in [-0.2, 0) is 4.74 Å². The van der Waals surface area contributed by atoms with Crippen molar-refractivity contribution in [2.24, 2.45) is 0 Å². The van der Waals surface area contributed by atoms with Crippen molar-refractivity contribution in [2.75, 3.05) is 32.2 Å². The Morgan fingerprint density at radius 2 is 2.18 bits per heavy atom. The number of ether oxygens (including phenoxy) is 2. The molecule has 1 rings (SSSR count). The fourth-order valence-corrected chi connectivity index (χ4v) is 1.32. The van der Waals surface area contributed by atoms with Gasteiger partial charge in [0.15, 0.2) is 0 Å². The predicted octanol–water partition coefficient (Wildman–Crippen LogP) is 2.05. The third-order valence-corrected chi connectivity index (χ3v) is 2.09. The van der Waals surface area contributed by atoms with Crippen LogP contribution in [0.15, 0.2) is 18.2 Å². The van der Waals surface area contributed by atoms with E-state index in [1.54, 1.807) is 13.2 Å². The lowest BCUT2D eigenvalue weighted by molar-refractivity contribution is -0.384. The van der Waals surface area contributed by atoms with Gasteiger partial charge in [-0.25, -0.2) is 0 Å². The Bertz CT molecular complexity index is 382. The standard InChI is InChI=1S/C11H16N2O4/c1-3-12-10-8-9(13(14)15)4-5-11(10)17-7-6-16-2/h4-5,8,12H,3,6-7H2,1-2H3. The van der Waals surface area contributed by atoms with E-state index in [1.807, 2.05) is 6.92 Å². The van der Waals surface area contributed by atoms with E-state index in [9.17, 15) is 10.1 Å². The first-order chi connectivity index (χ1) is 8.19. The minimum atomic E-state index is -0.431. The monoisotopic (exact) mass is 240 g/mol. The number of anilines is 1. The minimum absolute atomic E-state index is 0.0417. The van der Waals surface area contributed by atoms with E-state index in [4.69, 9.17) is 9.47 Å². The molecule has 0 saturated carbocycles. The smallest absolute Gasteiger partial charge is 0.271 e. The molecule has 0 heterocycles. The maximum Gasteiger partial charge on any atom is 0.271 e. The molecule has 1 N–H and O–H groups in total. The maximum absolute atomic E-state index is 10.6. The van der Waals surface area contributed by atoms with Gasteiger partial charge in [-0.1, -0.05) is 0 Å². The Morgan fingerprint density at radius 3 is 2.76 bits per heavy atom. The number of nitrogens with one attached hydrogen (secondary N) is 1. The van der Waals surface area contributed by atoms with Crippen molar-refractivity contribution in [3.8, 4) is 5.75 Å². The van der Waals surface area contributed by atoms with Crippen LogP contribution in [0.2, 0.25) is 0 Å². The van der Waals surface area contributed by atoms with Crippen LogP contribution in [0, 0.1) is 10.1 Å². The van der Waals surface area contributed by atoms with Gasteiger partial charge in [-0.05, 0) is 13.0 Å². The number of hydrogen-bond donors (Lipinski definition) is 1. The third kappa shape index (κ3) is 3.92. The molecule has 6 heteroatoms. The van der Waals surface area contributed by atoms with Gasteiger partial charge in [-0.2, -0.15) is 0 Å². The Balaban J connectivity index is 2.83. The number of nitro groups is 1. The van der Waals surface area contributed by atoms with Crippen molar-refractivity contribution in [1.29, 1.82) is 0 Å². The highest BCUT2D eigenvalue weighted by Crippen LogP contribution is 2.28. The quantitative estimate of drug-likeness (QED) is 0.448. The number of hydrogen-bond acceptors (Lipinski definition) is 5. The molecule has 1 aromatic carbocycles. The summed E-state index contributed by atoms with van der Waals surface area (Å²) >= 11 is 0. The van der Waals surface area contributed by atoms with Gasteiger partial charge in [0.25, 0.3) is 5.69 Å². The molecule has 0 aliphatic carbocycles. The number of nitrogens with zero attached hydrogens (tertiary/aromatic N) is 1. The number of nitro benzene ring substituents is 1. The lowest BCUT2D eigenvalue weighted by atomic mass is 10.2. The highest BCUT2D eigenvalue weighted by atomic mass is 16.6. The zero-order valence-corrected chi connectivity index (χ0v) is 9.93. The van der Waals surface area contributed by atoms with Crippen LogP contribution >= 0.6 is 0 Å². The van der Waals surface area contributed by atoms with E-state index in [1.165, 1.54) is 12.1 Å². The van der Waals surface area contributed by atoms with E-state index in [2.05, 4.69) is 5.32 Å². The summed E-state index contributed by atoms with van der Waals surface area (Å²) in [5.41, 5.74) is 0.665. The number of benzene rings is 1. The van der Waals surface area contributed by atoms with E-state index >= 15 is 0 Å². The molecule has 0 aliphatic heterocycles. The average Bonchev–Trinajstić information content (AvgIpc) is 2.31. The Kier molecular flexibility index (Phi) is 5.22. The summed E-state index contributed by atoms with van der Waals surface area (Å²) in [5.74, 6) is 0.592. The highest BCUT2D eigenvalue weighted by Gasteiger charge is 2.11. The molecular formula is C11H16N2O4. The molecule has 6 nitrogen and oxygen atoms in total. The number of non-ortho nitro benzene ring substituents is 1. The Hall–Kier alpha value is -1.82. The second-order valence-electron chi connectivity index (χ2n) is 3.31. The SMILES string of the molecule is CCNc1cc([N+](=O)[O-])ccc1OCCOC. The molecule has 0 saturated heterocycles. The first-order valence-corrected chi connectivity index (χ1v) is 5.33. The van der Waals surface area contributed by atoms with Gasteiger partial charge in [-0.3, -0.25) is 10.1 Å². The van der Waals surface area contributed by atoms with Crippen molar-refractivity contribution in [3.05, 3.63) is 28.3 Å². The summed E-state index contributed by atoms with van der Waals surface area (Å²) in [7, 11) is 1.59. The first kappa shape index (κ1) is 13.2. The van der Waals surface area contributed by atoms with E-state index in [0.717, 1.165) is 0 Å². The van der Waals surface area contributed by atoms with Crippen molar-refractivity contribution in [3.63, 3.8) is 0 Å². The highest BCUT2D eigenvalue weighted by molar-refractivity contribution is 5.61. The van der Waals surface area contributed by atoms with E-state index in [0.29, 0.717) is 31.2 Å². The van der Waals surface area contributed by atoms with Gasteiger partial charge >= 0.3 is 0 Å². The fourth-order valence-electron chi connectivity index (χ4n) is 1.32. The molecule has 1 aromatic rings. The van der Waals surface area contributed by atoms with Crippen molar-refractivity contribution < 1.29 is 14.4 Å². The molecule has 0 bridgehead atoms. The molecule has 0 aliphatic rings.